The molecule has 2 aliphatic rings. The average Bonchev–Trinajstić information content (AvgIpc) is 3.32. The lowest BCUT2D eigenvalue weighted by atomic mass is 10.2. The van der Waals surface area contributed by atoms with Gasteiger partial charge in [-0.1, -0.05) is 6.42 Å². The number of thiophene rings is 1. The first-order valence-electron chi connectivity index (χ1n) is 10.2. The van der Waals surface area contributed by atoms with E-state index < -0.39 is 10.0 Å². The summed E-state index contributed by atoms with van der Waals surface area (Å²) in [6.07, 6.45) is 5.99. The Morgan fingerprint density at radius 1 is 1.14 bits per heavy atom. The highest BCUT2D eigenvalue weighted by Gasteiger charge is 2.29. The van der Waals surface area contributed by atoms with E-state index in [-0.39, 0.29) is 10.8 Å². The Hall–Kier alpha value is -1.90. The summed E-state index contributed by atoms with van der Waals surface area (Å²) in [4.78, 5) is 14.8. The minimum absolute atomic E-state index is 0.118. The molecule has 0 saturated carbocycles. The third-order valence-corrected chi connectivity index (χ3v) is 8.56. The Labute approximate surface area is 175 Å². The van der Waals surface area contributed by atoms with Gasteiger partial charge in [-0.15, -0.1) is 11.3 Å². The zero-order valence-electron chi connectivity index (χ0n) is 16.6. The van der Waals surface area contributed by atoms with Crippen molar-refractivity contribution >= 4 is 33.0 Å². The van der Waals surface area contributed by atoms with Crippen LogP contribution in [0, 0.1) is 0 Å². The number of aryl methyl sites for hydroxylation is 2. The van der Waals surface area contributed by atoms with Crippen LogP contribution in [0.25, 0.3) is 0 Å². The van der Waals surface area contributed by atoms with Gasteiger partial charge in [0.05, 0.1) is 11.5 Å². The summed E-state index contributed by atoms with van der Waals surface area (Å²) in [5, 5.41) is 2.86. The van der Waals surface area contributed by atoms with Crippen LogP contribution in [0.3, 0.4) is 0 Å². The van der Waals surface area contributed by atoms with E-state index in [0.29, 0.717) is 36.0 Å². The van der Waals surface area contributed by atoms with E-state index in [1.807, 2.05) is 13.0 Å². The molecule has 2 aromatic rings. The van der Waals surface area contributed by atoms with Gasteiger partial charge in [-0.2, -0.15) is 4.31 Å². The fourth-order valence-electron chi connectivity index (χ4n) is 3.94. The first-order valence-corrected chi connectivity index (χ1v) is 12.4. The highest BCUT2D eigenvalue weighted by Crippen LogP contribution is 2.33. The zero-order valence-corrected chi connectivity index (χ0v) is 18.2. The molecule has 4 rings (SSSR count). The molecule has 6 nitrogen and oxygen atoms in total. The summed E-state index contributed by atoms with van der Waals surface area (Å²) < 4.78 is 33.5. The highest BCUT2D eigenvalue weighted by atomic mass is 32.2. The SMILES string of the molecule is CCOc1ccc(NC(=O)c2cc3c(s2)CCC3)cc1S(=O)(=O)N1CCCCC1. The summed E-state index contributed by atoms with van der Waals surface area (Å²) in [6.45, 7) is 3.23. The van der Waals surface area contributed by atoms with Crippen LogP contribution in [0.1, 0.15) is 52.7 Å². The summed E-state index contributed by atoms with van der Waals surface area (Å²) in [6, 6.07) is 6.81. The normalized spacial score (nSPS) is 17.1. The summed E-state index contributed by atoms with van der Waals surface area (Å²) in [5.74, 6) is 0.126. The largest absolute Gasteiger partial charge is 0.492 e. The standard InChI is InChI=1S/C21H26N2O4S2/c1-2-27-17-10-9-16(14-20(17)29(25,26)23-11-4-3-5-12-23)22-21(24)19-13-15-7-6-8-18(15)28-19/h9-10,13-14H,2-8,11-12H2,1H3,(H,22,24). The van der Waals surface area contributed by atoms with Crippen LogP contribution >= 0.6 is 11.3 Å². The predicted molar refractivity (Wildman–Crippen MR) is 115 cm³/mol. The number of carbonyl (C=O) groups excluding carboxylic acids is 1. The van der Waals surface area contributed by atoms with Crippen molar-refractivity contribution in [3.8, 4) is 5.75 Å². The average molecular weight is 435 g/mol. The summed E-state index contributed by atoms with van der Waals surface area (Å²) >= 11 is 1.53. The maximum atomic E-state index is 13.2. The number of benzene rings is 1. The smallest absolute Gasteiger partial charge is 0.265 e. The second-order valence-corrected chi connectivity index (χ2v) is 10.5. The molecule has 1 fully saturated rings. The molecular formula is C21H26N2O4S2. The van der Waals surface area contributed by atoms with Gasteiger partial charge >= 0.3 is 0 Å². The third-order valence-electron chi connectivity index (χ3n) is 5.40. The molecule has 1 aromatic carbocycles. The van der Waals surface area contributed by atoms with Crippen LogP contribution in [0.2, 0.25) is 0 Å². The lowest BCUT2D eigenvalue weighted by molar-refractivity contribution is 0.103. The Morgan fingerprint density at radius 3 is 2.66 bits per heavy atom. The van der Waals surface area contributed by atoms with Crippen LogP contribution in [-0.2, 0) is 22.9 Å². The maximum Gasteiger partial charge on any atom is 0.265 e. The van der Waals surface area contributed by atoms with E-state index in [1.54, 1.807) is 12.1 Å². The van der Waals surface area contributed by atoms with E-state index in [4.69, 9.17) is 4.74 Å². The van der Waals surface area contributed by atoms with E-state index in [1.165, 1.54) is 32.1 Å². The number of nitrogens with one attached hydrogen (secondary N) is 1. The van der Waals surface area contributed by atoms with Gasteiger partial charge < -0.3 is 10.1 Å². The van der Waals surface area contributed by atoms with Crippen LogP contribution in [0.4, 0.5) is 5.69 Å². The molecule has 0 unspecified atom stereocenters. The Morgan fingerprint density at radius 2 is 1.93 bits per heavy atom. The number of fused-ring (bicyclic) bond motifs is 1. The number of nitrogens with zero attached hydrogens (tertiary/aromatic N) is 1. The Balaban J connectivity index is 1.61. The number of amides is 1. The van der Waals surface area contributed by atoms with Crippen LogP contribution in [-0.4, -0.2) is 38.3 Å². The number of anilines is 1. The van der Waals surface area contributed by atoms with Crippen molar-refractivity contribution in [2.24, 2.45) is 0 Å². The third kappa shape index (κ3) is 4.20. The fraction of sp³-hybridized carbons (Fsp3) is 0.476. The number of carbonyl (C=O) groups is 1. The summed E-state index contributed by atoms with van der Waals surface area (Å²) in [7, 11) is -3.68. The number of ether oxygens (including phenoxy) is 1. The topological polar surface area (TPSA) is 75.7 Å². The van der Waals surface area contributed by atoms with Crippen molar-refractivity contribution in [2.45, 2.75) is 50.3 Å². The first kappa shape index (κ1) is 20.4. The van der Waals surface area contributed by atoms with Crippen LogP contribution < -0.4 is 10.1 Å². The van der Waals surface area contributed by atoms with Crippen LogP contribution in [0.5, 0.6) is 5.75 Å². The van der Waals surface area contributed by atoms with Crippen molar-refractivity contribution in [3.63, 3.8) is 0 Å². The molecule has 1 aliphatic carbocycles. The number of hydrogen-bond donors (Lipinski definition) is 1. The van der Waals surface area contributed by atoms with Gasteiger partial charge in [0.1, 0.15) is 10.6 Å². The second-order valence-electron chi connectivity index (χ2n) is 7.43. The van der Waals surface area contributed by atoms with Gasteiger partial charge in [-0.25, -0.2) is 8.42 Å². The van der Waals surface area contributed by atoms with Gasteiger partial charge in [0.2, 0.25) is 10.0 Å². The van der Waals surface area contributed by atoms with Gasteiger partial charge in [0, 0.05) is 23.7 Å². The van der Waals surface area contributed by atoms with Crippen LogP contribution in [0.15, 0.2) is 29.2 Å². The Bertz CT molecular complexity index is 986. The maximum absolute atomic E-state index is 13.2. The molecule has 0 bridgehead atoms. The predicted octanol–water partition coefficient (Wildman–Crippen LogP) is 4.06. The molecule has 1 aromatic heterocycles. The minimum Gasteiger partial charge on any atom is -0.492 e. The van der Waals surface area contributed by atoms with Crippen molar-refractivity contribution in [3.05, 3.63) is 39.6 Å². The molecule has 1 N–H and O–H groups in total. The molecule has 0 spiro atoms. The molecule has 1 aliphatic heterocycles. The molecule has 29 heavy (non-hydrogen) atoms. The first-order chi connectivity index (χ1) is 14.0. The molecule has 8 heteroatoms. The number of piperidine rings is 1. The van der Waals surface area contributed by atoms with E-state index in [2.05, 4.69) is 5.32 Å². The van der Waals surface area contributed by atoms with Gasteiger partial charge in [-0.3, -0.25) is 4.79 Å². The van der Waals surface area contributed by atoms with E-state index in [0.717, 1.165) is 38.5 Å². The van der Waals surface area contributed by atoms with E-state index >= 15 is 0 Å². The molecule has 1 saturated heterocycles. The molecule has 2 heterocycles. The lowest BCUT2D eigenvalue weighted by Gasteiger charge is -2.27. The molecule has 0 atom stereocenters. The van der Waals surface area contributed by atoms with Crippen molar-refractivity contribution < 1.29 is 17.9 Å². The zero-order chi connectivity index (χ0) is 20.4. The molecule has 156 valence electrons. The highest BCUT2D eigenvalue weighted by molar-refractivity contribution is 7.89. The van der Waals surface area contributed by atoms with Crippen molar-refractivity contribution in [2.75, 3.05) is 25.0 Å². The number of sulfonamides is 1. The quantitative estimate of drug-likeness (QED) is 0.744. The monoisotopic (exact) mass is 434 g/mol. The van der Waals surface area contributed by atoms with Crippen molar-refractivity contribution in [1.82, 2.24) is 4.31 Å². The van der Waals surface area contributed by atoms with Gasteiger partial charge in [-0.05, 0) is 68.9 Å². The molecule has 0 radical (unpaired) electrons. The minimum atomic E-state index is -3.68. The van der Waals surface area contributed by atoms with Gasteiger partial charge in [0.15, 0.2) is 0 Å². The summed E-state index contributed by atoms with van der Waals surface area (Å²) in [5.41, 5.74) is 1.72. The lowest BCUT2D eigenvalue weighted by Crippen LogP contribution is -2.35. The molecular weight excluding hydrogens is 408 g/mol. The fourth-order valence-corrected chi connectivity index (χ4v) is 6.76. The number of rotatable bonds is 6. The number of hydrogen-bond acceptors (Lipinski definition) is 5. The van der Waals surface area contributed by atoms with E-state index in [9.17, 15) is 13.2 Å². The van der Waals surface area contributed by atoms with Crippen molar-refractivity contribution in [1.29, 1.82) is 0 Å². The second kappa shape index (κ2) is 8.45. The Kier molecular flexibility index (Phi) is 5.94. The molecule has 1 amide bonds. The van der Waals surface area contributed by atoms with Gasteiger partial charge in [0.25, 0.3) is 5.91 Å².